The molecule has 0 saturated heterocycles. The van der Waals surface area contributed by atoms with Gasteiger partial charge in [0.15, 0.2) is 0 Å². The van der Waals surface area contributed by atoms with Crippen LogP contribution >= 0.6 is 11.3 Å². The molecule has 1 heterocycles. The van der Waals surface area contributed by atoms with Gasteiger partial charge in [0.05, 0.1) is 13.1 Å². The molecule has 0 aliphatic heterocycles. The summed E-state index contributed by atoms with van der Waals surface area (Å²) >= 11 is 1.51. The van der Waals surface area contributed by atoms with Crippen molar-refractivity contribution in [2.75, 3.05) is 19.7 Å². The molecule has 0 bridgehead atoms. The molecule has 0 radical (unpaired) electrons. The van der Waals surface area contributed by atoms with Gasteiger partial charge in [0.25, 0.3) is 0 Å². The quantitative estimate of drug-likeness (QED) is 0.686. The molecule has 3 N–H and O–H groups in total. The molecular weight excluding hydrogens is 300 g/mol. The number of benzene rings is 1. The molecule has 2 rings (SSSR count). The largest absolute Gasteiger partial charge is 0.492 e. The van der Waals surface area contributed by atoms with E-state index in [2.05, 4.69) is 10.6 Å². The first-order valence-electron chi connectivity index (χ1n) is 7.02. The summed E-state index contributed by atoms with van der Waals surface area (Å²) in [6, 6.07) is 10.9. The smallest absolute Gasteiger partial charge is 0.315 e. The third-order valence-corrected chi connectivity index (χ3v) is 3.82. The van der Waals surface area contributed by atoms with E-state index >= 15 is 0 Å². The van der Waals surface area contributed by atoms with Gasteiger partial charge in [-0.15, -0.1) is 0 Å². The van der Waals surface area contributed by atoms with Gasteiger partial charge in [0, 0.05) is 0 Å². The second-order valence-corrected chi connectivity index (χ2v) is 5.84. The van der Waals surface area contributed by atoms with Gasteiger partial charge in [-0.2, -0.15) is 11.3 Å². The van der Waals surface area contributed by atoms with Crippen LogP contribution in [0.2, 0.25) is 0 Å². The zero-order chi connectivity index (χ0) is 15.8. The maximum absolute atomic E-state index is 11.7. The van der Waals surface area contributed by atoms with Crippen LogP contribution in [0.4, 0.5) is 4.79 Å². The Morgan fingerprint density at radius 1 is 1.27 bits per heavy atom. The molecule has 2 aromatic rings. The molecule has 0 aliphatic rings. The molecule has 1 unspecified atom stereocenters. The maximum atomic E-state index is 11.7. The van der Waals surface area contributed by atoms with Gasteiger partial charge in [0.2, 0.25) is 0 Å². The fourth-order valence-corrected chi connectivity index (χ4v) is 2.62. The standard InChI is InChI=1S/C16H20N2O3S/c1-16(20,13-7-10-22-11-13)12-18-15(19)17-8-9-21-14-5-3-2-4-6-14/h2-7,10-11,20H,8-9,12H2,1H3,(H2,17,18,19). The first kappa shape index (κ1) is 16.3. The van der Waals surface area contributed by atoms with Crippen molar-refractivity contribution >= 4 is 17.4 Å². The van der Waals surface area contributed by atoms with Gasteiger partial charge in [0.1, 0.15) is 18.0 Å². The monoisotopic (exact) mass is 320 g/mol. The molecule has 5 nitrogen and oxygen atoms in total. The molecule has 1 aromatic carbocycles. The molecule has 0 spiro atoms. The Hall–Kier alpha value is -2.05. The lowest BCUT2D eigenvalue weighted by Gasteiger charge is -2.22. The molecule has 0 saturated carbocycles. The number of carbonyl (C=O) groups is 1. The number of carbonyl (C=O) groups excluding carboxylic acids is 1. The number of para-hydroxylation sites is 1. The van der Waals surface area contributed by atoms with E-state index in [0.29, 0.717) is 13.2 Å². The highest BCUT2D eigenvalue weighted by Gasteiger charge is 2.23. The van der Waals surface area contributed by atoms with Crippen LogP contribution in [-0.2, 0) is 5.60 Å². The Morgan fingerprint density at radius 3 is 2.73 bits per heavy atom. The van der Waals surface area contributed by atoms with E-state index in [0.717, 1.165) is 11.3 Å². The second-order valence-electron chi connectivity index (χ2n) is 5.06. The average molecular weight is 320 g/mol. The SMILES string of the molecule is CC(O)(CNC(=O)NCCOc1ccccc1)c1ccsc1. The van der Waals surface area contributed by atoms with Crippen LogP contribution in [-0.4, -0.2) is 30.8 Å². The molecule has 0 fully saturated rings. The molecule has 0 aliphatic carbocycles. The number of amides is 2. The predicted octanol–water partition coefficient (Wildman–Crippen LogP) is 2.33. The summed E-state index contributed by atoms with van der Waals surface area (Å²) < 4.78 is 5.47. The van der Waals surface area contributed by atoms with Crippen molar-refractivity contribution in [2.45, 2.75) is 12.5 Å². The van der Waals surface area contributed by atoms with Crippen LogP contribution in [0, 0.1) is 0 Å². The molecule has 22 heavy (non-hydrogen) atoms. The lowest BCUT2D eigenvalue weighted by molar-refractivity contribution is 0.0598. The average Bonchev–Trinajstić information content (AvgIpc) is 3.06. The Balaban J connectivity index is 1.64. The van der Waals surface area contributed by atoms with Crippen LogP contribution in [0.15, 0.2) is 47.2 Å². The fourth-order valence-electron chi connectivity index (χ4n) is 1.84. The number of thiophene rings is 1. The summed E-state index contributed by atoms with van der Waals surface area (Å²) in [6.45, 7) is 2.60. The van der Waals surface area contributed by atoms with Crippen molar-refractivity contribution in [1.82, 2.24) is 10.6 Å². The number of aliphatic hydroxyl groups is 1. The normalized spacial score (nSPS) is 13.2. The number of ether oxygens (including phenoxy) is 1. The summed E-state index contributed by atoms with van der Waals surface area (Å²) in [5.74, 6) is 0.769. The summed E-state index contributed by atoms with van der Waals surface area (Å²) in [6.07, 6.45) is 0. The summed E-state index contributed by atoms with van der Waals surface area (Å²) in [5.41, 5.74) is -0.275. The number of nitrogens with one attached hydrogen (secondary N) is 2. The fraction of sp³-hybridized carbons (Fsp3) is 0.312. The molecule has 1 atom stereocenters. The first-order chi connectivity index (χ1) is 10.6. The van der Waals surface area contributed by atoms with Crippen LogP contribution in [0.1, 0.15) is 12.5 Å². The summed E-state index contributed by atoms with van der Waals surface area (Å²) in [7, 11) is 0. The summed E-state index contributed by atoms with van der Waals surface area (Å²) in [4.78, 5) is 11.7. The number of rotatable bonds is 7. The minimum absolute atomic E-state index is 0.148. The first-order valence-corrected chi connectivity index (χ1v) is 7.97. The molecule has 118 valence electrons. The molecule has 6 heteroatoms. The van der Waals surface area contributed by atoms with E-state index in [1.54, 1.807) is 6.92 Å². The number of hydrogen-bond donors (Lipinski definition) is 3. The van der Waals surface area contributed by atoms with Crippen molar-refractivity contribution < 1.29 is 14.6 Å². The zero-order valence-corrected chi connectivity index (χ0v) is 13.2. The molecule has 1 aromatic heterocycles. The van der Waals surface area contributed by atoms with Gasteiger partial charge in [-0.3, -0.25) is 0 Å². The highest BCUT2D eigenvalue weighted by atomic mass is 32.1. The van der Waals surface area contributed by atoms with Crippen molar-refractivity contribution in [3.63, 3.8) is 0 Å². The molecule has 2 amide bonds. The van der Waals surface area contributed by atoms with Crippen molar-refractivity contribution in [3.05, 3.63) is 52.7 Å². The Labute approximate surface area is 133 Å². The van der Waals surface area contributed by atoms with Crippen molar-refractivity contribution in [2.24, 2.45) is 0 Å². The van der Waals surface area contributed by atoms with E-state index in [-0.39, 0.29) is 12.6 Å². The maximum Gasteiger partial charge on any atom is 0.315 e. The minimum atomic E-state index is -1.07. The zero-order valence-electron chi connectivity index (χ0n) is 12.4. The van der Waals surface area contributed by atoms with E-state index < -0.39 is 5.60 Å². The van der Waals surface area contributed by atoms with Gasteiger partial charge in [-0.1, -0.05) is 18.2 Å². The Morgan fingerprint density at radius 2 is 2.05 bits per heavy atom. The number of urea groups is 1. The molecular formula is C16H20N2O3S. The highest BCUT2D eigenvalue weighted by Crippen LogP contribution is 2.21. The Bertz CT molecular complexity index is 570. The topological polar surface area (TPSA) is 70.6 Å². The van der Waals surface area contributed by atoms with Crippen molar-refractivity contribution in [3.8, 4) is 5.75 Å². The predicted molar refractivity (Wildman–Crippen MR) is 87.2 cm³/mol. The number of hydrogen-bond acceptors (Lipinski definition) is 4. The second kappa shape index (κ2) is 7.82. The van der Waals surface area contributed by atoms with Gasteiger partial charge < -0.3 is 20.5 Å². The minimum Gasteiger partial charge on any atom is -0.492 e. The summed E-state index contributed by atoms with van der Waals surface area (Å²) in [5, 5.41) is 19.4. The van der Waals surface area contributed by atoms with E-state index in [1.807, 2.05) is 47.2 Å². The lowest BCUT2D eigenvalue weighted by atomic mass is 9.99. The lowest BCUT2D eigenvalue weighted by Crippen LogP contribution is -2.44. The van der Waals surface area contributed by atoms with Gasteiger partial charge in [-0.25, -0.2) is 4.79 Å². The van der Waals surface area contributed by atoms with E-state index in [1.165, 1.54) is 11.3 Å². The van der Waals surface area contributed by atoms with Crippen molar-refractivity contribution in [1.29, 1.82) is 0 Å². The van der Waals surface area contributed by atoms with Crippen LogP contribution in [0.3, 0.4) is 0 Å². The van der Waals surface area contributed by atoms with Gasteiger partial charge in [-0.05, 0) is 41.4 Å². The van der Waals surface area contributed by atoms with Crippen LogP contribution in [0.25, 0.3) is 0 Å². The van der Waals surface area contributed by atoms with E-state index in [4.69, 9.17) is 4.74 Å². The van der Waals surface area contributed by atoms with Crippen LogP contribution < -0.4 is 15.4 Å². The third-order valence-electron chi connectivity index (χ3n) is 3.14. The Kier molecular flexibility index (Phi) is 5.80. The van der Waals surface area contributed by atoms with E-state index in [9.17, 15) is 9.90 Å². The van der Waals surface area contributed by atoms with Crippen LogP contribution in [0.5, 0.6) is 5.75 Å². The van der Waals surface area contributed by atoms with Gasteiger partial charge >= 0.3 is 6.03 Å². The highest BCUT2D eigenvalue weighted by molar-refractivity contribution is 7.08. The third kappa shape index (κ3) is 5.05.